The number of allylic oxidation sites excluding steroid dienone is 5. The Morgan fingerprint density at radius 2 is 0.691 bits per heavy atom. The molecule has 0 aliphatic carbocycles. The van der Waals surface area contributed by atoms with E-state index in [-0.39, 0.29) is 18.5 Å². The van der Waals surface area contributed by atoms with Crippen LogP contribution < -0.4 is 5.32 Å². The Kier molecular flexibility index (Phi) is 56.0. The molecule has 0 radical (unpaired) electrons. The van der Waals surface area contributed by atoms with Gasteiger partial charge in [0.2, 0.25) is 5.91 Å². The molecule has 6 heteroatoms. The zero-order valence-electron chi connectivity index (χ0n) is 45.6. The second-order valence-corrected chi connectivity index (χ2v) is 20.7. The highest BCUT2D eigenvalue weighted by Gasteiger charge is 2.18. The van der Waals surface area contributed by atoms with Crippen molar-refractivity contribution in [1.29, 1.82) is 0 Å². The molecule has 2 atom stereocenters. The SMILES string of the molecule is CCCCC/C=C\CCCCCCCC(=O)OCCCCCCCCCCC/C=C\CCCCCCCC(=O)NC(CO)C(O)/C=C/CCCCCCCCCCCCCCCCCCCCC. The van der Waals surface area contributed by atoms with Crippen molar-refractivity contribution in [3.05, 3.63) is 36.5 Å². The lowest BCUT2D eigenvalue weighted by molar-refractivity contribution is -0.143. The molecule has 0 bridgehead atoms. The normalized spacial score (nSPS) is 12.8. The van der Waals surface area contributed by atoms with Gasteiger partial charge in [-0.1, -0.05) is 262 Å². The highest BCUT2D eigenvalue weighted by atomic mass is 16.5. The van der Waals surface area contributed by atoms with Crippen LogP contribution in [0.3, 0.4) is 0 Å². The molecule has 0 heterocycles. The first-order valence-corrected chi connectivity index (χ1v) is 30.3. The molecule has 0 aromatic rings. The minimum absolute atomic E-state index is 0.00794. The summed E-state index contributed by atoms with van der Waals surface area (Å²) in [5.74, 6) is -0.0883. The second kappa shape index (κ2) is 57.7. The van der Waals surface area contributed by atoms with E-state index in [1.165, 1.54) is 231 Å². The minimum Gasteiger partial charge on any atom is -0.466 e. The van der Waals surface area contributed by atoms with Gasteiger partial charge in [0.05, 0.1) is 25.4 Å². The van der Waals surface area contributed by atoms with Crippen molar-refractivity contribution in [3.8, 4) is 0 Å². The van der Waals surface area contributed by atoms with Crippen molar-refractivity contribution in [2.75, 3.05) is 13.2 Å². The minimum atomic E-state index is -0.854. The molecule has 400 valence electrons. The molecule has 0 saturated carbocycles. The van der Waals surface area contributed by atoms with Crippen molar-refractivity contribution in [3.63, 3.8) is 0 Å². The molecule has 0 aromatic carbocycles. The monoisotopic (exact) mass is 956 g/mol. The third kappa shape index (κ3) is 53.4. The number of hydrogen-bond donors (Lipinski definition) is 3. The van der Waals surface area contributed by atoms with Crippen LogP contribution in [-0.4, -0.2) is 47.4 Å². The van der Waals surface area contributed by atoms with Gasteiger partial charge in [-0.3, -0.25) is 9.59 Å². The van der Waals surface area contributed by atoms with Crippen LogP contribution in [0.2, 0.25) is 0 Å². The fourth-order valence-corrected chi connectivity index (χ4v) is 9.21. The fraction of sp³-hybridized carbons (Fsp3) is 0.871. The van der Waals surface area contributed by atoms with Crippen LogP contribution in [0.1, 0.15) is 322 Å². The number of carbonyl (C=O) groups is 2. The van der Waals surface area contributed by atoms with E-state index in [9.17, 15) is 19.8 Å². The first-order chi connectivity index (χ1) is 33.5. The molecule has 1 amide bonds. The molecular weight excluding hydrogens is 839 g/mol. The predicted octanol–water partition coefficient (Wildman–Crippen LogP) is 18.8. The van der Waals surface area contributed by atoms with Crippen molar-refractivity contribution in [2.24, 2.45) is 0 Å². The van der Waals surface area contributed by atoms with Gasteiger partial charge < -0.3 is 20.3 Å². The zero-order chi connectivity index (χ0) is 49.3. The summed E-state index contributed by atoms with van der Waals surface area (Å²) >= 11 is 0. The van der Waals surface area contributed by atoms with E-state index in [0.717, 1.165) is 64.2 Å². The molecule has 68 heavy (non-hydrogen) atoms. The number of rotatable bonds is 56. The Balaban J connectivity index is 3.49. The molecule has 0 rings (SSSR count). The summed E-state index contributed by atoms with van der Waals surface area (Å²) in [6.45, 7) is 4.88. The van der Waals surface area contributed by atoms with Gasteiger partial charge in [-0.15, -0.1) is 0 Å². The van der Waals surface area contributed by atoms with E-state index in [4.69, 9.17) is 4.74 Å². The van der Waals surface area contributed by atoms with Crippen LogP contribution in [0.4, 0.5) is 0 Å². The topological polar surface area (TPSA) is 95.9 Å². The molecule has 0 fully saturated rings. The third-order valence-corrected chi connectivity index (χ3v) is 13.9. The summed E-state index contributed by atoms with van der Waals surface area (Å²) in [4.78, 5) is 24.5. The van der Waals surface area contributed by atoms with Crippen LogP contribution in [0.15, 0.2) is 36.5 Å². The molecular formula is C62H117NO5. The molecule has 2 unspecified atom stereocenters. The van der Waals surface area contributed by atoms with E-state index in [1.54, 1.807) is 6.08 Å². The van der Waals surface area contributed by atoms with Crippen LogP contribution in [0.5, 0.6) is 0 Å². The van der Waals surface area contributed by atoms with E-state index in [0.29, 0.717) is 19.4 Å². The van der Waals surface area contributed by atoms with Gasteiger partial charge in [-0.05, 0) is 83.5 Å². The smallest absolute Gasteiger partial charge is 0.305 e. The molecule has 0 aliphatic heterocycles. The maximum atomic E-state index is 12.5. The van der Waals surface area contributed by atoms with Crippen LogP contribution in [-0.2, 0) is 14.3 Å². The molecule has 0 aliphatic rings. The van der Waals surface area contributed by atoms with Gasteiger partial charge in [0.15, 0.2) is 0 Å². The largest absolute Gasteiger partial charge is 0.466 e. The Labute approximate surface area is 424 Å². The van der Waals surface area contributed by atoms with Gasteiger partial charge in [-0.25, -0.2) is 0 Å². The average Bonchev–Trinajstić information content (AvgIpc) is 3.34. The number of carbonyl (C=O) groups excluding carboxylic acids is 2. The number of aliphatic hydroxyl groups excluding tert-OH is 2. The van der Waals surface area contributed by atoms with Gasteiger partial charge in [0, 0.05) is 12.8 Å². The number of unbranched alkanes of at least 4 members (excludes halogenated alkanes) is 41. The Hall–Kier alpha value is -1.92. The summed E-state index contributed by atoms with van der Waals surface area (Å²) in [6, 6.07) is -0.639. The van der Waals surface area contributed by atoms with Gasteiger partial charge >= 0.3 is 5.97 Å². The van der Waals surface area contributed by atoms with E-state index < -0.39 is 12.1 Å². The molecule has 0 spiro atoms. The summed E-state index contributed by atoms with van der Waals surface area (Å²) in [5, 5.41) is 23.2. The van der Waals surface area contributed by atoms with Gasteiger partial charge in [0.25, 0.3) is 0 Å². The number of amides is 1. The van der Waals surface area contributed by atoms with Gasteiger partial charge in [-0.2, -0.15) is 0 Å². The molecule has 0 saturated heterocycles. The number of esters is 1. The number of ether oxygens (including phenoxy) is 1. The molecule has 3 N–H and O–H groups in total. The quantitative estimate of drug-likeness (QED) is 0.0321. The number of hydrogen-bond acceptors (Lipinski definition) is 5. The van der Waals surface area contributed by atoms with Crippen LogP contribution in [0.25, 0.3) is 0 Å². The van der Waals surface area contributed by atoms with Crippen LogP contribution in [0, 0.1) is 0 Å². The lowest BCUT2D eigenvalue weighted by Gasteiger charge is -2.20. The molecule has 0 aromatic heterocycles. The van der Waals surface area contributed by atoms with E-state index >= 15 is 0 Å². The Bertz CT molecular complexity index is 1100. The van der Waals surface area contributed by atoms with E-state index in [1.807, 2.05) is 6.08 Å². The summed E-state index contributed by atoms with van der Waals surface area (Å²) < 4.78 is 5.46. The molecule has 6 nitrogen and oxygen atoms in total. The first kappa shape index (κ1) is 66.1. The van der Waals surface area contributed by atoms with E-state index in [2.05, 4.69) is 43.5 Å². The fourth-order valence-electron chi connectivity index (χ4n) is 9.21. The Morgan fingerprint density at radius 1 is 0.397 bits per heavy atom. The first-order valence-electron chi connectivity index (χ1n) is 30.3. The zero-order valence-corrected chi connectivity index (χ0v) is 45.6. The van der Waals surface area contributed by atoms with Crippen molar-refractivity contribution < 1.29 is 24.5 Å². The summed E-state index contributed by atoms with van der Waals surface area (Å²) in [5.41, 5.74) is 0. The lowest BCUT2D eigenvalue weighted by Crippen LogP contribution is -2.45. The highest BCUT2D eigenvalue weighted by Crippen LogP contribution is 2.17. The maximum Gasteiger partial charge on any atom is 0.305 e. The van der Waals surface area contributed by atoms with Crippen LogP contribution >= 0.6 is 0 Å². The van der Waals surface area contributed by atoms with Crippen molar-refractivity contribution in [2.45, 2.75) is 334 Å². The third-order valence-electron chi connectivity index (χ3n) is 13.9. The van der Waals surface area contributed by atoms with Crippen molar-refractivity contribution in [1.82, 2.24) is 5.32 Å². The second-order valence-electron chi connectivity index (χ2n) is 20.7. The maximum absolute atomic E-state index is 12.5. The van der Waals surface area contributed by atoms with Gasteiger partial charge in [0.1, 0.15) is 0 Å². The summed E-state index contributed by atoms with van der Waals surface area (Å²) in [6.07, 6.45) is 71.7. The lowest BCUT2D eigenvalue weighted by atomic mass is 10.0. The average molecular weight is 957 g/mol. The summed E-state index contributed by atoms with van der Waals surface area (Å²) in [7, 11) is 0. The Morgan fingerprint density at radius 3 is 1.07 bits per heavy atom. The number of nitrogens with one attached hydrogen (secondary N) is 1. The van der Waals surface area contributed by atoms with Crippen molar-refractivity contribution >= 4 is 11.9 Å². The predicted molar refractivity (Wildman–Crippen MR) is 296 cm³/mol. The number of aliphatic hydroxyl groups is 2. The highest BCUT2D eigenvalue weighted by molar-refractivity contribution is 5.76. The standard InChI is InChI=1S/C62H117NO5/c1-3-5-7-9-11-13-15-17-18-19-20-21-22-25-28-31-34-38-42-46-50-54-60(65)59(58-64)63-61(66)55-51-47-43-39-35-32-29-26-23-24-27-30-33-37-41-45-49-53-57-68-62(67)56-52-48-44-40-36-16-14-12-10-8-6-4-2/h12,14,26,29,50,54,59-60,64-65H,3-11,13,15-25,27-28,30-49,51-53,55-58H2,1-2H3,(H,63,66)/b14-12-,29-26-,54-50+.